The van der Waals surface area contributed by atoms with E-state index in [1.54, 1.807) is 0 Å². The number of esters is 1. The Morgan fingerprint density at radius 3 is 1.95 bits per heavy atom. The van der Waals surface area contributed by atoms with E-state index in [-0.39, 0.29) is 13.0 Å². The zero-order chi connectivity index (χ0) is 27.8. The SMILES string of the molecule is CCCCC/C=C\C/C=C\C/C=C\C/C=C\CCCC(=O)OC(CO)COP(=O)([O-])OCC[N+](C)(C)C. The van der Waals surface area contributed by atoms with Crippen LogP contribution in [0.3, 0.4) is 0 Å². The van der Waals surface area contributed by atoms with E-state index in [2.05, 4.69) is 49.5 Å². The smallest absolute Gasteiger partial charge is 0.306 e. The fraction of sp³-hybridized carbons (Fsp3) is 0.679. The van der Waals surface area contributed by atoms with E-state index in [1.807, 2.05) is 27.2 Å². The molecule has 9 heteroatoms. The van der Waals surface area contributed by atoms with Crippen LogP contribution in [-0.2, 0) is 23.1 Å². The lowest BCUT2D eigenvalue weighted by Gasteiger charge is -2.28. The van der Waals surface area contributed by atoms with Gasteiger partial charge in [-0.25, -0.2) is 0 Å². The molecule has 0 spiro atoms. The summed E-state index contributed by atoms with van der Waals surface area (Å²) in [5.74, 6) is -0.509. The standard InChI is InChI=1S/C28H50NO7P/c1-5-6-7-8-9-10-11-12-13-14-15-16-17-18-19-20-21-22-28(31)36-27(25-30)26-35-37(32,33)34-24-23-29(2,3)4/h9-10,12-13,15-16,18-19,27,30H,5-8,11,14,17,20-26H2,1-4H3/b10-9-,13-12-,16-15-,19-18-. The second kappa shape index (κ2) is 22.4. The maximum absolute atomic E-state index is 12.0. The van der Waals surface area contributed by atoms with Crippen molar-refractivity contribution in [3.63, 3.8) is 0 Å². The van der Waals surface area contributed by atoms with Gasteiger partial charge in [0.1, 0.15) is 19.3 Å². The van der Waals surface area contributed by atoms with Crippen molar-refractivity contribution in [3.8, 4) is 0 Å². The number of quaternary nitrogens is 1. The Kier molecular flexibility index (Phi) is 21.5. The predicted molar refractivity (Wildman–Crippen MR) is 148 cm³/mol. The third-order valence-corrected chi connectivity index (χ3v) is 6.11. The molecule has 0 heterocycles. The van der Waals surface area contributed by atoms with Crippen LogP contribution in [0, 0.1) is 0 Å². The number of unbranched alkanes of at least 4 members (excludes halogenated alkanes) is 4. The van der Waals surface area contributed by atoms with Gasteiger partial charge in [-0.1, -0.05) is 68.4 Å². The van der Waals surface area contributed by atoms with Gasteiger partial charge in [-0.3, -0.25) is 9.36 Å². The number of allylic oxidation sites excluding steroid dienone is 8. The maximum atomic E-state index is 12.0. The van der Waals surface area contributed by atoms with Crippen molar-refractivity contribution in [2.24, 2.45) is 0 Å². The van der Waals surface area contributed by atoms with Gasteiger partial charge in [-0.2, -0.15) is 0 Å². The molecule has 0 bridgehead atoms. The summed E-state index contributed by atoms with van der Waals surface area (Å²) >= 11 is 0. The average Bonchev–Trinajstić information content (AvgIpc) is 2.82. The summed E-state index contributed by atoms with van der Waals surface area (Å²) < 4.78 is 27.0. The van der Waals surface area contributed by atoms with E-state index in [0.717, 1.165) is 25.7 Å². The van der Waals surface area contributed by atoms with Gasteiger partial charge in [0.25, 0.3) is 7.82 Å². The maximum Gasteiger partial charge on any atom is 0.306 e. The van der Waals surface area contributed by atoms with Gasteiger partial charge in [0.15, 0.2) is 0 Å². The highest BCUT2D eigenvalue weighted by molar-refractivity contribution is 7.45. The lowest BCUT2D eigenvalue weighted by Crippen LogP contribution is -2.37. The molecule has 0 aliphatic carbocycles. The predicted octanol–water partition coefficient (Wildman–Crippen LogP) is 5.24. The van der Waals surface area contributed by atoms with Crippen LogP contribution in [-0.4, -0.2) is 69.2 Å². The van der Waals surface area contributed by atoms with Crippen molar-refractivity contribution in [2.75, 3.05) is 47.5 Å². The number of aliphatic hydroxyl groups is 1. The lowest BCUT2D eigenvalue weighted by atomic mass is 10.2. The number of ether oxygens (including phenoxy) is 1. The summed E-state index contributed by atoms with van der Waals surface area (Å²) in [7, 11) is 1.19. The second-order valence-electron chi connectivity index (χ2n) is 9.87. The van der Waals surface area contributed by atoms with Crippen molar-refractivity contribution >= 4 is 13.8 Å². The number of phosphoric ester groups is 1. The van der Waals surface area contributed by atoms with Crippen LogP contribution in [0.25, 0.3) is 0 Å². The number of rotatable bonds is 23. The molecule has 0 fully saturated rings. The fourth-order valence-electron chi connectivity index (χ4n) is 2.93. The molecular formula is C28H50NO7P. The van der Waals surface area contributed by atoms with Crippen LogP contribution >= 0.6 is 7.82 Å². The zero-order valence-electron chi connectivity index (χ0n) is 23.4. The molecule has 0 aliphatic rings. The lowest BCUT2D eigenvalue weighted by molar-refractivity contribution is -0.870. The quantitative estimate of drug-likeness (QED) is 0.0617. The van der Waals surface area contributed by atoms with Crippen LogP contribution in [0.15, 0.2) is 48.6 Å². The van der Waals surface area contributed by atoms with E-state index < -0.39 is 33.1 Å². The molecule has 2 unspecified atom stereocenters. The third kappa shape index (κ3) is 25.9. The zero-order valence-corrected chi connectivity index (χ0v) is 24.3. The van der Waals surface area contributed by atoms with Gasteiger partial charge in [0.2, 0.25) is 0 Å². The van der Waals surface area contributed by atoms with Crippen molar-refractivity contribution in [1.82, 2.24) is 0 Å². The molecule has 8 nitrogen and oxygen atoms in total. The minimum absolute atomic E-state index is 0.0225. The minimum Gasteiger partial charge on any atom is -0.756 e. The number of hydrogen-bond acceptors (Lipinski definition) is 7. The molecule has 1 N–H and O–H groups in total. The molecule has 0 aromatic heterocycles. The summed E-state index contributed by atoms with van der Waals surface area (Å²) in [6.45, 7) is 1.65. The van der Waals surface area contributed by atoms with Crippen LogP contribution < -0.4 is 4.89 Å². The van der Waals surface area contributed by atoms with E-state index in [0.29, 0.717) is 17.4 Å². The molecule has 0 aromatic rings. The number of aliphatic hydroxyl groups excluding tert-OH is 1. The molecular weight excluding hydrogens is 493 g/mol. The topological polar surface area (TPSA) is 105 Å². The Hall–Kier alpha value is -1.54. The molecule has 0 radical (unpaired) electrons. The number of nitrogens with zero attached hydrogens (tertiary/aromatic N) is 1. The highest BCUT2D eigenvalue weighted by Crippen LogP contribution is 2.38. The van der Waals surface area contributed by atoms with Crippen molar-refractivity contribution < 1.29 is 37.6 Å². The first-order chi connectivity index (χ1) is 17.6. The second-order valence-corrected chi connectivity index (χ2v) is 11.3. The Bertz CT molecular complexity index is 741. The number of likely N-dealkylation sites (N-methyl/N-ethyl adjacent to an activating group) is 1. The minimum atomic E-state index is -4.53. The Morgan fingerprint density at radius 2 is 1.43 bits per heavy atom. The largest absolute Gasteiger partial charge is 0.756 e. The molecule has 0 saturated carbocycles. The molecule has 0 aliphatic heterocycles. The van der Waals surface area contributed by atoms with Gasteiger partial charge >= 0.3 is 5.97 Å². The third-order valence-electron chi connectivity index (χ3n) is 5.14. The summed E-state index contributed by atoms with van der Waals surface area (Å²) in [6.07, 6.45) is 25.4. The van der Waals surface area contributed by atoms with E-state index >= 15 is 0 Å². The molecule has 0 saturated heterocycles. The molecule has 0 aromatic carbocycles. The van der Waals surface area contributed by atoms with Crippen LogP contribution in [0.4, 0.5) is 0 Å². The molecule has 214 valence electrons. The first-order valence-electron chi connectivity index (χ1n) is 13.4. The van der Waals surface area contributed by atoms with E-state index in [9.17, 15) is 19.4 Å². The number of phosphoric acid groups is 1. The fourth-order valence-corrected chi connectivity index (χ4v) is 3.66. The van der Waals surface area contributed by atoms with E-state index in [1.165, 1.54) is 25.7 Å². The first kappa shape index (κ1) is 35.5. The molecule has 2 atom stereocenters. The summed E-state index contributed by atoms with van der Waals surface area (Å²) in [5, 5.41) is 9.36. The number of carbonyl (C=O) groups is 1. The first-order valence-corrected chi connectivity index (χ1v) is 14.9. The molecule has 0 rings (SSSR count). The van der Waals surface area contributed by atoms with E-state index in [4.69, 9.17) is 13.8 Å². The van der Waals surface area contributed by atoms with Crippen LogP contribution in [0.5, 0.6) is 0 Å². The Labute approximate surface area is 224 Å². The Balaban J connectivity index is 3.91. The van der Waals surface area contributed by atoms with Crippen LogP contribution in [0.2, 0.25) is 0 Å². The monoisotopic (exact) mass is 543 g/mol. The number of carbonyl (C=O) groups excluding carboxylic acids is 1. The Morgan fingerprint density at radius 1 is 0.892 bits per heavy atom. The van der Waals surface area contributed by atoms with Gasteiger partial charge in [-0.15, -0.1) is 0 Å². The summed E-state index contributed by atoms with van der Waals surface area (Å²) in [6, 6.07) is 0. The summed E-state index contributed by atoms with van der Waals surface area (Å²) in [5.41, 5.74) is 0. The highest BCUT2D eigenvalue weighted by atomic mass is 31.2. The van der Waals surface area contributed by atoms with Gasteiger partial charge in [0, 0.05) is 6.42 Å². The highest BCUT2D eigenvalue weighted by Gasteiger charge is 2.19. The van der Waals surface area contributed by atoms with Gasteiger partial charge in [0.05, 0.1) is 34.4 Å². The van der Waals surface area contributed by atoms with Gasteiger partial charge in [-0.05, 0) is 44.9 Å². The van der Waals surface area contributed by atoms with Crippen molar-refractivity contribution in [2.45, 2.75) is 77.2 Å². The number of hydrogen-bond donors (Lipinski definition) is 1. The average molecular weight is 544 g/mol. The van der Waals surface area contributed by atoms with Gasteiger partial charge < -0.3 is 28.3 Å². The van der Waals surface area contributed by atoms with Crippen molar-refractivity contribution in [1.29, 1.82) is 0 Å². The molecule has 37 heavy (non-hydrogen) atoms. The molecule has 0 amide bonds. The summed E-state index contributed by atoms with van der Waals surface area (Å²) in [4.78, 5) is 23.8. The normalized spacial score (nSPS) is 15.3. The van der Waals surface area contributed by atoms with Crippen LogP contribution in [0.1, 0.15) is 71.1 Å². The van der Waals surface area contributed by atoms with Crippen molar-refractivity contribution in [3.05, 3.63) is 48.6 Å².